The molecule has 0 aliphatic carbocycles. The molecule has 0 atom stereocenters. The largest absolute Gasteiger partial charge is 0.508 e. The Morgan fingerprint density at radius 1 is 1.05 bits per heavy atom. The minimum absolute atomic E-state index is 0.244. The number of phenols is 1. The summed E-state index contributed by atoms with van der Waals surface area (Å²) in [4.78, 5) is 4.27. The number of aliphatic imine (C=N–C) groups is 1. The highest BCUT2D eigenvalue weighted by Crippen LogP contribution is 2.17. The van der Waals surface area contributed by atoms with Gasteiger partial charge in [-0.15, -0.1) is 0 Å². The molecule has 0 saturated carbocycles. The van der Waals surface area contributed by atoms with Gasteiger partial charge >= 0.3 is 0 Å². The molecule has 2 aromatic carbocycles. The van der Waals surface area contributed by atoms with Gasteiger partial charge in [-0.2, -0.15) is 0 Å². The van der Waals surface area contributed by atoms with Crippen molar-refractivity contribution in [2.75, 3.05) is 0 Å². The molecule has 0 saturated heterocycles. The van der Waals surface area contributed by atoms with Crippen molar-refractivity contribution in [3.63, 3.8) is 0 Å². The van der Waals surface area contributed by atoms with E-state index in [4.69, 9.17) is 5.73 Å². The molecule has 0 unspecified atom stereocenters. The van der Waals surface area contributed by atoms with Crippen molar-refractivity contribution in [2.45, 2.75) is 0 Å². The summed E-state index contributed by atoms with van der Waals surface area (Å²) in [6, 6.07) is 14.4. The van der Waals surface area contributed by atoms with Crippen molar-refractivity contribution >= 4 is 33.5 Å². The maximum Gasteiger partial charge on any atom is 0.124 e. The highest BCUT2D eigenvalue weighted by Gasteiger charge is 1.92. The number of amidine groups is 1. The lowest BCUT2D eigenvalue weighted by molar-refractivity contribution is 0.475. The maximum absolute atomic E-state index is 9.17. The minimum Gasteiger partial charge on any atom is -0.508 e. The highest BCUT2D eigenvalue weighted by molar-refractivity contribution is 9.10. The quantitative estimate of drug-likeness (QED) is 0.667. The van der Waals surface area contributed by atoms with Gasteiger partial charge in [-0.25, -0.2) is 4.99 Å². The number of rotatable bonds is 3. The number of hydrogen-bond acceptors (Lipinski definition) is 2. The van der Waals surface area contributed by atoms with Crippen LogP contribution in [0.1, 0.15) is 5.56 Å². The number of halogens is 1. The van der Waals surface area contributed by atoms with Gasteiger partial charge in [0.1, 0.15) is 11.6 Å². The van der Waals surface area contributed by atoms with Crippen molar-refractivity contribution < 1.29 is 5.11 Å². The van der Waals surface area contributed by atoms with Crippen LogP contribution in [0.4, 0.5) is 5.69 Å². The second kappa shape index (κ2) is 6.20. The summed E-state index contributed by atoms with van der Waals surface area (Å²) in [5.74, 6) is 0.670. The Kier molecular flexibility index (Phi) is 4.36. The zero-order valence-electron chi connectivity index (χ0n) is 10.1. The Labute approximate surface area is 120 Å². The standard InChI is InChI=1S/C15H13BrN2O/c16-12-4-6-13(7-5-12)18-15(17)10-3-11-1-8-14(19)9-2-11/h1-10,19H,(H2,17,18)/b10-3+. The molecule has 0 radical (unpaired) electrons. The Bertz CT molecular complexity index is 601. The van der Waals surface area contributed by atoms with Crippen LogP contribution in [0.2, 0.25) is 0 Å². The molecule has 0 aromatic heterocycles. The normalized spacial score (nSPS) is 11.9. The van der Waals surface area contributed by atoms with Crippen molar-refractivity contribution in [1.82, 2.24) is 0 Å². The van der Waals surface area contributed by atoms with Crippen molar-refractivity contribution in [3.05, 3.63) is 64.6 Å². The van der Waals surface area contributed by atoms with Gasteiger partial charge in [0.25, 0.3) is 0 Å². The number of nitrogens with zero attached hydrogens (tertiary/aromatic N) is 1. The average molecular weight is 317 g/mol. The minimum atomic E-state index is 0.244. The Balaban J connectivity index is 2.09. The van der Waals surface area contributed by atoms with Crippen LogP contribution in [-0.4, -0.2) is 10.9 Å². The first-order valence-corrected chi connectivity index (χ1v) is 6.49. The third-order valence-electron chi connectivity index (χ3n) is 2.42. The van der Waals surface area contributed by atoms with Crippen LogP contribution in [0, 0.1) is 0 Å². The molecule has 0 amide bonds. The summed E-state index contributed by atoms with van der Waals surface area (Å²) >= 11 is 3.36. The van der Waals surface area contributed by atoms with E-state index in [1.54, 1.807) is 30.3 Å². The van der Waals surface area contributed by atoms with Gasteiger partial charge in [0.2, 0.25) is 0 Å². The van der Waals surface area contributed by atoms with E-state index < -0.39 is 0 Å². The molecule has 2 rings (SSSR count). The molecule has 3 nitrogen and oxygen atoms in total. The van der Waals surface area contributed by atoms with Gasteiger partial charge in [0.05, 0.1) is 5.69 Å². The smallest absolute Gasteiger partial charge is 0.124 e. The molecule has 0 fully saturated rings. The summed E-state index contributed by atoms with van der Waals surface area (Å²) in [6.07, 6.45) is 3.57. The van der Waals surface area contributed by atoms with Crippen molar-refractivity contribution in [3.8, 4) is 5.75 Å². The van der Waals surface area contributed by atoms with E-state index in [-0.39, 0.29) is 5.75 Å². The monoisotopic (exact) mass is 316 g/mol. The van der Waals surface area contributed by atoms with Gasteiger partial charge in [-0.1, -0.05) is 34.1 Å². The molecule has 0 heterocycles. The van der Waals surface area contributed by atoms with E-state index in [1.165, 1.54) is 0 Å². The fraction of sp³-hybridized carbons (Fsp3) is 0. The lowest BCUT2D eigenvalue weighted by atomic mass is 10.2. The van der Waals surface area contributed by atoms with Gasteiger partial charge in [0.15, 0.2) is 0 Å². The van der Waals surface area contributed by atoms with Crippen LogP contribution >= 0.6 is 15.9 Å². The van der Waals surface area contributed by atoms with E-state index in [0.29, 0.717) is 5.84 Å². The Morgan fingerprint density at radius 2 is 1.68 bits per heavy atom. The van der Waals surface area contributed by atoms with E-state index in [0.717, 1.165) is 15.7 Å². The van der Waals surface area contributed by atoms with Crippen molar-refractivity contribution in [2.24, 2.45) is 10.7 Å². The molecule has 0 spiro atoms. The number of hydrogen-bond donors (Lipinski definition) is 2. The molecule has 0 bridgehead atoms. The highest BCUT2D eigenvalue weighted by atomic mass is 79.9. The second-order valence-corrected chi connectivity index (χ2v) is 4.85. The SMILES string of the molecule is NC(/C=C/c1ccc(O)cc1)=Nc1ccc(Br)cc1. The number of aromatic hydroxyl groups is 1. The third kappa shape index (κ3) is 4.26. The first-order valence-electron chi connectivity index (χ1n) is 5.70. The maximum atomic E-state index is 9.17. The molecule has 4 heteroatoms. The van der Waals surface area contributed by atoms with E-state index in [1.807, 2.05) is 30.3 Å². The van der Waals surface area contributed by atoms with E-state index >= 15 is 0 Å². The molecule has 0 aliphatic heterocycles. The number of nitrogens with two attached hydrogens (primary N) is 1. The Hall–Kier alpha value is -2.07. The van der Waals surface area contributed by atoms with E-state index in [9.17, 15) is 5.11 Å². The fourth-order valence-corrected chi connectivity index (χ4v) is 1.73. The Morgan fingerprint density at radius 3 is 2.32 bits per heavy atom. The average Bonchev–Trinajstić information content (AvgIpc) is 2.41. The van der Waals surface area contributed by atoms with Crippen LogP contribution in [0.15, 0.2) is 64.1 Å². The summed E-state index contributed by atoms with van der Waals surface area (Å²) in [7, 11) is 0. The van der Waals surface area contributed by atoms with Gasteiger partial charge < -0.3 is 10.8 Å². The summed E-state index contributed by atoms with van der Waals surface area (Å²) in [5, 5.41) is 9.17. The van der Waals surface area contributed by atoms with Crippen LogP contribution in [-0.2, 0) is 0 Å². The fourth-order valence-electron chi connectivity index (χ4n) is 1.47. The lowest BCUT2D eigenvalue weighted by Gasteiger charge is -1.97. The lowest BCUT2D eigenvalue weighted by Crippen LogP contribution is -2.06. The predicted molar refractivity (Wildman–Crippen MR) is 82.6 cm³/mol. The predicted octanol–water partition coefficient (Wildman–Crippen LogP) is 3.86. The summed E-state index contributed by atoms with van der Waals surface area (Å²) in [5.41, 5.74) is 7.58. The molecular weight excluding hydrogens is 304 g/mol. The zero-order valence-corrected chi connectivity index (χ0v) is 11.7. The van der Waals surface area contributed by atoms with Crippen LogP contribution in [0.5, 0.6) is 5.75 Å². The van der Waals surface area contributed by atoms with Gasteiger partial charge in [-0.3, -0.25) is 0 Å². The van der Waals surface area contributed by atoms with E-state index in [2.05, 4.69) is 20.9 Å². The summed E-state index contributed by atoms with van der Waals surface area (Å²) in [6.45, 7) is 0. The third-order valence-corrected chi connectivity index (χ3v) is 2.95. The van der Waals surface area contributed by atoms with Crippen molar-refractivity contribution in [1.29, 1.82) is 0 Å². The molecule has 0 aliphatic rings. The first-order chi connectivity index (χ1) is 9.13. The summed E-state index contributed by atoms with van der Waals surface area (Å²) < 4.78 is 1.00. The topological polar surface area (TPSA) is 58.6 Å². The molecule has 19 heavy (non-hydrogen) atoms. The molecule has 3 N–H and O–H groups in total. The molecule has 2 aromatic rings. The number of phenolic OH excluding ortho intramolecular Hbond substituents is 1. The van der Waals surface area contributed by atoms with Gasteiger partial charge in [0, 0.05) is 4.47 Å². The van der Waals surface area contributed by atoms with Crippen LogP contribution in [0.25, 0.3) is 6.08 Å². The van der Waals surface area contributed by atoms with Crippen LogP contribution in [0.3, 0.4) is 0 Å². The molecule has 96 valence electrons. The molecular formula is C15H13BrN2O. The van der Waals surface area contributed by atoms with Crippen LogP contribution < -0.4 is 5.73 Å². The number of benzene rings is 2. The second-order valence-electron chi connectivity index (χ2n) is 3.94. The first kappa shape index (κ1) is 13.4. The zero-order chi connectivity index (χ0) is 13.7. The van der Waals surface area contributed by atoms with Gasteiger partial charge in [-0.05, 0) is 48.0 Å².